The van der Waals surface area contributed by atoms with Crippen LogP contribution in [-0.4, -0.2) is 47.7 Å². The number of amides is 2. The standard InChI is InChI=1S/C10H15N3O2.C2HF3O2/c1-2-7(6-9(11)14)13-10(15)8-4-3-5-12-8;3-2(4,5)1(6)7/h1,7-8,12H,3-6H2,(H2,11,14)(H,13,15);(H,6,7)/t7-,8+;/m1./s1. The Labute approximate surface area is 124 Å². The average molecular weight is 323 g/mol. The monoisotopic (exact) mass is 323 g/mol. The molecule has 0 bridgehead atoms. The SMILES string of the molecule is C#C[C@H](CC(N)=O)NC(=O)[C@@H]1CCCN1.O=C(O)C(F)(F)F. The van der Waals surface area contributed by atoms with Crippen LogP contribution in [0.4, 0.5) is 13.2 Å². The highest BCUT2D eigenvalue weighted by Gasteiger charge is 2.38. The molecule has 1 rings (SSSR count). The predicted molar refractivity (Wildman–Crippen MR) is 69.3 cm³/mol. The van der Waals surface area contributed by atoms with E-state index in [0.717, 1.165) is 19.4 Å². The Balaban J connectivity index is 0.000000534. The second-order valence-corrected chi connectivity index (χ2v) is 4.35. The Morgan fingerprint density at radius 2 is 2.00 bits per heavy atom. The van der Waals surface area contributed by atoms with Gasteiger partial charge in [-0.05, 0) is 19.4 Å². The summed E-state index contributed by atoms with van der Waals surface area (Å²) in [6.45, 7) is 0.842. The number of carbonyl (C=O) groups is 3. The van der Waals surface area contributed by atoms with Crippen molar-refractivity contribution in [2.24, 2.45) is 5.73 Å². The van der Waals surface area contributed by atoms with Gasteiger partial charge in [0.1, 0.15) is 0 Å². The van der Waals surface area contributed by atoms with Crippen LogP contribution in [0.3, 0.4) is 0 Å². The molecule has 1 heterocycles. The zero-order chi connectivity index (χ0) is 17.3. The van der Waals surface area contributed by atoms with Crippen LogP contribution in [0.1, 0.15) is 19.3 Å². The molecule has 0 aromatic carbocycles. The van der Waals surface area contributed by atoms with Crippen molar-refractivity contribution in [1.82, 2.24) is 10.6 Å². The van der Waals surface area contributed by atoms with Crippen molar-refractivity contribution in [3.05, 3.63) is 0 Å². The van der Waals surface area contributed by atoms with Crippen molar-refractivity contribution in [2.75, 3.05) is 6.54 Å². The Morgan fingerprint density at radius 3 is 2.32 bits per heavy atom. The van der Waals surface area contributed by atoms with Crippen molar-refractivity contribution in [3.63, 3.8) is 0 Å². The summed E-state index contributed by atoms with van der Waals surface area (Å²) in [5.74, 6) is -1.10. The minimum Gasteiger partial charge on any atom is -0.475 e. The number of nitrogens with one attached hydrogen (secondary N) is 2. The van der Waals surface area contributed by atoms with E-state index in [0.29, 0.717) is 0 Å². The topological polar surface area (TPSA) is 122 Å². The molecular weight excluding hydrogens is 307 g/mol. The summed E-state index contributed by atoms with van der Waals surface area (Å²) < 4.78 is 31.7. The van der Waals surface area contributed by atoms with Gasteiger partial charge >= 0.3 is 12.1 Å². The number of nitrogens with two attached hydrogens (primary N) is 1. The first-order valence-corrected chi connectivity index (χ1v) is 6.16. The van der Waals surface area contributed by atoms with Crippen LogP contribution in [0.2, 0.25) is 0 Å². The van der Waals surface area contributed by atoms with E-state index >= 15 is 0 Å². The van der Waals surface area contributed by atoms with E-state index in [4.69, 9.17) is 22.1 Å². The summed E-state index contributed by atoms with van der Waals surface area (Å²) in [4.78, 5) is 31.1. The highest BCUT2D eigenvalue weighted by atomic mass is 19.4. The third kappa shape index (κ3) is 8.11. The number of alkyl halides is 3. The zero-order valence-electron chi connectivity index (χ0n) is 11.4. The van der Waals surface area contributed by atoms with Crippen LogP contribution in [0.5, 0.6) is 0 Å². The lowest BCUT2D eigenvalue weighted by Gasteiger charge is -2.15. The molecule has 0 aliphatic carbocycles. The van der Waals surface area contributed by atoms with Crippen molar-refractivity contribution in [3.8, 4) is 12.3 Å². The second kappa shape index (κ2) is 8.89. The minimum atomic E-state index is -5.08. The first-order valence-electron chi connectivity index (χ1n) is 6.16. The highest BCUT2D eigenvalue weighted by molar-refractivity contribution is 5.83. The van der Waals surface area contributed by atoms with Gasteiger partial charge in [0.15, 0.2) is 0 Å². The maximum absolute atomic E-state index is 11.6. The lowest BCUT2D eigenvalue weighted by Crippen LogP contribution is -2.45. The molecular formula is C12H16F3N3O4. The summed E-state index contributed by atoms with van der Waals surface area (Å²) in [7, 11) is 0. The number of carboxylic acids is 1. The Kier molecular flexibility index (Phi) is 7.96. The predicted octanol–water partition coefficient (Wildman–Crippen LogP) is -0.635. The number of halogens is 3. The normalized spacial score (nSPS) is 18.4. The van der Waals surface area contributed by atoms with Gasteiger partial charge in [-0.1, -0.05) is 5.92 Å². The largest absolute Gasteiger partial charge is 0.490 e. The van der Waals surface area contributed by atoms with Crippen LogP contribution in [0, 0.1) is 12.3 Å². The molecule has 0 aromatic rings. The number of primary amides is 1. The molecule has 2 atom stereocenters. The van der Waals surface area contributed by atoms with Gasteiger partial charge in [-0.25, -0.2) is 4.79 Å². The first kappa shape index (κ1) is 19.7. The van der Waals surface area contributed by atoms with E-state index < -0.39 is 24.1 Å². The fourth-order valence-corrected chi connectivity index (χ4v) is 1.53. The molecule has 1 aliphatic heterocycles. The Morgan fingerprint density at radius 1 is 1.45 bits per heavy atom. The average Bonchev–Trinajstić information content (AvgIpc) is 2.90. The number of rotatable bonds is 4. The second-order valence-electron chi connectivity index (χ2n) is 4.35. The van der Waals surface area contributed by atoms with Gasteiger partial charge in [0.2, 0.25) is 11.8 Å². The van der Waals surface area contributed by atoms with E-state index in [1.807, 2.05) is 0 Å². The summed E-state index contributed by atoms with van der Waals surface area (Å²) in [5, 5.41) is 12.8. The van der Waals surface area contributed by atoms with Crippen LogP contribution in [0.25, 0.3) is 0 Å². The van der Waals surface area contributed by atoms with E-state index in [1.54, 1.807) is 0 Å². The van der Waals surface area contributed by atoms with Gasteiger partial charge < -0.3 is 21.5 Å². The van der Waals surface area contributed by atoms with Crippen LogP contribution >= 0.6 is 0 Å². The number of carbonyl (C=O) groups excluding carboxylic acids is 2. The van der Waals surface area contributed by atoms with Crippen LogP contribution < -0.4 is 16.4 Å². The van der Waals surface area contributed by atoms with E-state index in [1.165, 1.54) is 0 Å². The van der Waals surface area contributed by atoms with E-state index in [2.05, 4.69) is 16.6 Å². The molecule has 0 unspecified atom stereocenters. The fraction of sp³-hybridized carbons (Fsp3) is 0.583. The number of aliphatic carboxylic acids is 1. The van der Waals surface area contributed by atoms with Gasteiger partial charge in [-0.3, -0.25) is 9.59 Å². The number of carboxylic acid groups (broad SMARTS) is 1. The van der Waals surface area contributed by atoms with E-state index in [-0.39, 0.29) is 18.4 Å². The van der Waals surface area contributed by atoms with Crippen LogP contribution in [-0.2, 0) is 14.4 Å². The number of hydrogen-bond acceptors (Lipinski definition) is 4. The fourth-order valence-electron chi connectivity index (χ4n) is 1.53. The molecule has 10 heteroatoms. The van der Waals surface area contributed by atoms with Crippen molar-refractivity contribution in [2.45, 2.75) is 37.5 Å². The summed E-state index contributed by atoms with van der Waals surface area (Å²) >= 11 is 0. The lowest BCUT2D eigenvalue weighted by atomic mass is 10.1. The van der Waals surface area contributed by atoms with Gasteiger partial charge in [0.05, 0.1) is 18.5 Å². The first-order chi connectivity index (χ1) is 10.1. The summed E-state index contributed by atoms with van der Waals surface area (Å²) in [6.07, 6.45) is 1.86. The van der Waals surface area contributed by atoms with Crippen LogP contribution in [0.15, 0.2) is 0 Å². The molecule has 0 aromatic heterocycles. The van der Waals surface area contributed by atoms with Crippen molar-refractivity contribution in [1.29, 1.82) is 0 Å². The summed E-state index contributed by atoms with van der Waals surface area (Å²) in [6, 6.07) is -0.786. The highest BCUT2D eigenvalue weighted by Crippen LogP contribution is 2.13. The van der Waals surface area contributed by atoms with Gasteiger partial charge in [-0.15, -0.1) is 6.42 Å². The lowest BCUT2D eigenvalue weighted by molar-refractivity contribution is -0.192. The molecule has 0 saturated carbocycles. The van der Waals surface area contributed by atoms with Crippen molar-refractivity contribution >= 4 is 17.8 Å². The molecule has 0 spiro atoms. The molecule has 1 fully saturated rings. The molecule has 1 aliphatic rings. The third-order valence-corrected chi connectivity index (χ3v) is 2.54. The molecule has 124 valence electrons. The quantitative estimate of drug-likeness (QED) is 0.513. The zero-order valence-corrected chi connectivity index (χ0v) is 11.4. The molecule has 7 nitrogen and oxygen atoms in total. The number of terminal acetylenes is 1. The summed E-state index contributed by atoms with van der Waals surface area (Å²) in [5.41, 5.74) is 5.00. The Hall–Kier alpha value is -2.28. The van der Waals surface area contributed by atoms with Gasteiger partial charge in [0, 0.05) is 0 Å². The molecule has 1 saturated heterocycles. The van der Waals surface area contributed by atoms with Gasteiger partial charge in [0.25, 0.3) is 0 Å². The van der Waals surface area contributed by atoms with E-state index in [9.17, 15) is 22.8 Å². The third-order valence-electron chi connectivity index (χ3n) is 2.54. The maximum atomic E-state index is 11.6. The molecule has 5 N–H and O–H groups in total. The maximum Gasteiger partial charge on any atom is 0.490 e. The smallest absolute Gasteiger partial charge is 0.475 e. The van der Waals surface area contributed by atoms with Crippen molar-refractivity contribution < 1.29 is 32.7 Å². The van der Waals surface area contributed by atoms with Gasteiger partial charge in [-0.2, -0.15) is 13.2 Å². The number of hydrogen-bond donors (Lipinski definition) is 4. The minimum absolute atomic E-state index is 0.0189. The Bertz CT molecular complexity index is 454. The molecule has 2 amide bonds. The molecule has 0 radical (unpaired) electrons. The molecule has 22 heavy (non-hydrogen) atoms.